The standard InChI is InChI=1S/C22H26FN5O/c1-15-19(16(2)28-21(27-15)25-14-26-28)8-9-20(29)24-13-22(10-3-4-11-22)17-6-5-7-18(23)12-17/h5-7,12,14H,3-4,8-11,13H2,1-2H3,(H,24,29). The van der Waals surface area contributed by atoms with Gasteiger partial charge in [0.05, 0.1) is 0 Å². The highest BCUT2D eigenvalue weighted by molar-refractivity contribution is 5.76. The summed E-state index contributed by atoms with van der Waals surface area (Å²) >= 11 is 0. The Morgan fingerprint density at radius 2 is 2.07 bits per heavy atom. The highest BCUT2D eigenvalue weighted by Crippen LogP contribution is 2.40. The van der Waals surface area contributed by atoms with Crippen molar-refractivity contribution in [1.29, 1.82) is 0 Å². The molecule has 1 fully saturated rings. The molecule has 0 radical (unpaired) electrons. The van der Waals surface area contributed by atoms with E-state index in [4.69, 9.17) is 0 Å². The van der Waals surface area contributed by atoms with E-state index in [0.29, 0.717) is 25.2 Å². The number of amides is 1. The first kappa shape index (κ1) is 19.5. The van der Waals surface area contributed by atoms with E-state index >= 15 is 0 Å². The maximum absolute atomic E-state index is 13.8. The van der Waals surface area contributed by atoms with Crippen LogP contribution in [0.15, 0.2) is 30.6 Å². The number of aryl methyl sites for hydroxylation is 2. The normalized spacial score (nSPS) is 15.7. The van der Waals surface area contributed by atoms with Gasteiger partial charge in [-0.1, -0.05) is 25.0 Å². The quantitative estimate of drug-likeness (QED) is 0.694. The molecular formula is C22H26FN5O. The number of hydrogen-bond donors (Lipinski definition) is 1. The van der Waals surface area contributed by atoms with Crippen LogP contribution in [0, 0.1) is 19.7 Å². The van der Waals surface area contributed by atoms with E-state index in [9.17, 15) is 9.18 Å². The average molecular weight is 395 g/mol. The van der Waals surface area contributed by atoms with Crippen LogP contribution in [0.5, 0.6) is 0 Å². The zero-order valence-electron chi connectivity index (χ0n) is 16.9. The molecule has 6 nitrogen and oxygen atoms in total. The van der Waals surface area contributed by atoms with Gasteiger partial charge in [-0.3, -0.25) is 4.79 Å². The van der Waals surface area contributed by atoms with Crippen molar-refractivity contribution in [1.82, 2.24) is 24.9 Å². The highest BCUT2D eigenvalue weighted by Gasteiger charge is 2.36. The summed E-state index contributed by atoms with van der Waals surface area (Å²) in [5.41, 5.74) is 3.69. The number of halogens is 1. The van der Waals surface area contributed by atoms with Gasteiger partial charge >= 0.3 is 0 Å². The summed E-state index contributed by atoms with van der Waals surface area (Å²) in [6.45, 7) is 4.46. The van der Waals surface area contributed by atoms with E-state index < -0.39 is 0 Å². The van der Waals surface area contributed by atoms with Crippen molar-refractivity contribution in [3.05, 3.63) is 58.9 Å². The van der Waals surface area contributed by atoms with E-state index in [1.807, 2.05) is 19.9 Å². The third-order valence-electron chi connectivity index (χ3n) is 6.21. The van der Waals surface area contributed by atoms with E-state index in [2.05, 4.69) is 20.4 Å². The molecule has 2 heterocycles. The molecule has 0 saturated heterocycles. The molecule has 2 aromatic heterocycles. The Hall–Kier alpha value is -2.83. The Bertz CT molecular complexity index is 1040. The number of carbonyl (C=O) groups is 1. The average Bonchev–Trinajstić information content (AvgIpc) is 3.36. The summed E-state index contributed by atoms with van der Waals surface area (Å²) in [5.74, 6) is 0.360. The minimum atomic E-state index is -0.220. The Morgan fingerprint density at radius 3 is 2.83 bits per heavy atom. The Morgan fingerprint density at radius 1 is 1.28 bits per heavy atom. The predicted molar refractivity (Wildman–Crippen MR) is 108 cm³/mol. The van der Waals surface area contributed by atoms with E-state index in [1.165, 1.54) is 12.4 Å². The molecule has 0 aliphatic heterocycles. The Balaban J connectivity index is 1.42. The first-order valence-electron chi connectivity index (χ1n) is 10.2. The van der Waals surface area contributed by atoms with Crippen LogP contribution in [0.3, 0.4) is 0 Å². The Labute approximate surface area is 169 Å². The third-order valence-corrected chi connectivity index (χ3v) is 6.21. The van der Waals surface area contributed by atoms with Gasteiger partial charge in [0.2, 0.25) is 5.91 Å². The van der Waals surface area contributed by atoms with Gasteiger partial charge in [-0.15, -0.1) is 0 Å². The molecule has 4 rings (SSSR count). The minimum absolute atomic E-state index is 0.00478. The van der Waals surface area contributed by atoms with Crippen molar-refractivity contribution in [2.24, 2.45) is 0 Å². The van der Waals surface area contributed by atoms with Gasteiger partial charge < -0.3 is 5.32 Å². The summed E-state index contributed by atoms with van der Waals surface area (Å²) in [6.07, 6.45) is 6.62. The number of rotatable bonds is 6. The van der Waals surface area contributed by atoms with E-state index in [0.717, 1.165) is 48.2 Å². The second kappa shape index (κ2) is 7.89. The molecule has 0 atom stereocenters. The van der Waals surface area contributed by atoms with Crippen LogP contribution < -0.4 is 5.32 Å². The molecule has 0 bridgehead atoms. The van der Waals surface area contributed by atoms with Gasteiger partial charge in [0.1, 0.15) is 12.1 Å². The summed E-state index contributed by atoms with van der Waals surface area (Å²) in [7, 11) is 0. The fourth-order valence-corrected chi connectivity index (χ4v) is 4.55. The van der Waals surface area contributed by atoms with Crippen LogP contribution >= 0.6 is 0 Å². The van der Waals surface area contributed by atoms with Crippen LogP contribution in [-0.2, 0) is 16.6 Å². The fraction of sp³-hybridized carbons (Fsp3) is 0.455. The van der Waals surface area contributed by atoms with Crippen molar-refractivity contribution < 1.29 is 9.18 Å². The predicted octanol–water partition coefficient (Wildman–Crippen LogP) is 3.44. The number of carbonyl (C=O) groups excluding carboxylic acids is 1. The maximum atomic E-state index is 13.8. The van der Waals surface area contributed by atoms with Crippen LogP contribution in [-0.4, -0.2) is 32.0 Å². The molecule has 0 unspecified atom stereocenters. The number of hydrogen-bond acceptors (Lipinski definition) is 4. The van der Waals surface area contributed by atoms with Crippen molar-refractivity contribution in [2.45, 2.75) is 57.8 Å². The molecule has 1 N–H and O–H groups in total. The molecule has 0 spiro atoms. The van der Waals surface area contributed by atoms with Gasteiger partial charge in [-0.25, -0.2) is 13.9 Å². The molecule has 1 aliphatic carbocycles. The smallest absolute Gasteiger partial charge is 0.252 e. The summed E-state index contributed by atoms with van der Waals surface area (Å²) in [6, 6.07) is 6.82. The van der Waals surface area contributed by atoms with E-state index in [-0.39, 0.29) is 17.1 Å². The minimum Gasteiger partial charge on any atom is -0.355 e. The molecule has 152 valence electrons. The van der Waals surface area contributed by atoms with E-state index in [1.54, 1.807) is 16.6 Å². The van der Waals surface area contributed by atoms with Crippen molar-refractivity contribution in [3.8, 4) is 0 Å². The number of benzene rings is 1. The monoisotopic (exact) mass is 395 g/mol. The molecule has 1 saturated carbocycles. The number of fused-ring (bicyclic) bond motifs is 1. The molecule has 29 heavy (non-hydrogen) atoms. The lowest BCUT2D eigenvalue weighted by molar-refractivity contribution is -0.121. The van der Waals surface area contributed by atoms with Crippen LogP contribution in [0.1, 0.15) is 54.6 Å². The van der Waals surface area contributed by atoms with Gasteiger partial charge in [0.15, 0.2) is 0 Å². The number of aromatic nitrogens is 4. The molecule has 1 aliphatic rings. The lowest BCUT2D eigenvalue weighted by atomic mass is 9.78. The van der Waals surface area contributed by atoms with Crippen LogP contribution in [0.4, 0.5) is 4.39 Å². The third kappa shape index (κ3) is 3.86. The lowest BCUT2D eigenvalue weighted by Crippen LogP contribution is -2.39. The zero-order chi connectivity index (χ0) is 20.4. The van der Waals surface area contributed by atoms with Gasteiger partial charge in [0, 0.05) is 29.8 Å². The largest absolute Gasteiger partial charge is 0.355 e. The van der Waals surface area contributed by atoms with Gasteiger partial charge in [-0.05, 0) is 56.4 Å². The zero-order valence-corrected chi connectivity index (χ0v) is 16.9. The Kier molecular flexibility index (Phi) is 5.30. The highest BCUT2D eigenvalue weighted by atomic mass is 19.1. The molecule has 1 amide bonds. The molecule has 3 aromatic rings. The lowest BCUT2D eigenvalue weighted by Gasteiger charge is -2.30. The van der Waals surface area contributed by atoms with Crippen molar-refractivity contribution in [3.63, 3.8) is 0 Å². The van der Waals surface area contributed by atoms with Crippen LogP contribution in [0.25, 0.3) is 5.78 Å². The second-order valence-electron chi connectivity index (χ2n) is 8.01. The first-order chi connectivity index (χ1) is 14.0. The van der Waals surface area contributed by atoms with Gasteiger partial charge in [0.25, 0.3) is 5.78 Å². The second-order valence-corrected chi connectivity index (χ2v) is 8.01. The molecule has 7 heteroatoms. The van der Waals surface area contributed by atoms with Crippen molar-refractivity contribution >= 4 is 11.7 Å². The topological polar surface area (TPSA) is 72.2 Å². The molecule has 1 aromatic carbocycles. The summed E-state index contributed by atoms with van der Waals surface area (Å²) in [5, 5.41) is 7.31. The SMILES string of the molecule is Cc1nc2ncnn2c(C)c1CCC(=O)NCC1(c2cccc(F)c2)CCCC1. The van der Waals surface area contributed by atoms with Crippen molar-refractivity contribution in [2.75, 3.05) is 6.54 Å². The summed E-state index contributed by atoms with van der Waals surface area (Å²) in [4.78, 5) is 21.2. The van der Waals surface area contributed by atoms with Crippen LogP contribution in [0.2, 0.25) is 0 Å². The molecular weight excluding hydrogens is 369 g/mol. The maximum Gasteiger partial charge on any atom is 0.252 e. The first-order valence-corrected chi connectivity index (χ1v) is 10.2. The summed E-state index contributed by atoms with van der Waals surface area (Å²) < 4.78 is 15.5. The number of nitrogens with one attached hydrogen (secondary N) is 1. The fourth-order valence-electron chi connectivity index (χ4n) is 4.55. The van der Waals surface area contributed by atoms with Gasteiger partial charge in [-0.2, -0.15) is 10.1 Å². The number of nitrogens with zero attached hydrogens (tertiary/aromatic N) is 4.